The van der Waals surface area contributed by atoms with E-state index in [0.29, 0.717) is 11.6 Å². The summed E-state index contributed by atoms with van der Waals surface area (Å²) in [7, 11) is 0. The maximum absolute atomic E-state index is 6.55. The van der Waals surface area contributed by atoms with Crippen molar-refractivity contribution in [1.82, 2.24) is 19.5 Å². The van der Waals surface area contributed by atoms with Gasteiger partial charge in [0, 0.05) is 23.0 Å². The number of nitrogen functional groups attached to an aromatic ring is 1. The number of nitrogens with zero attached hydrogens (tertiary/aromatic N) is 4. The largest absolute Gasteiger partial charge is 0.383 e. The summed E-state index contributed by atoms with van der Waals surface area (Å²) in [5, 5.41) is 0. The van der Waals surface area contributed by atoms with Crippen LogP contribution in [0.4, 0.5) is 5.82 Å². The van der Waals surface area contributed by atoms with E-state index in [-0.39, 0.29) is 5.54 Å². The Bertz CT molecular complexity index is 1450. The van der Waals surface area contributed by atoms with Crippen LogP contribution in [-0.4, -0.2) is 19.5 Å². The minimum absolute atomic E-state index is 0.203. The molecule has 3 aromatic heterocycles. The predicted octanol–water partition coefficient (Wildman–Crippen LogP) is 5.07. The zero-order valence-corrected chi connectivity index (χ0v) is 18.1. The third-order valence-corrected chi connectivity index (χ3v) is 6.60. The third kappa shape index (κ3) is 3.27. The molecule has 6 nitrogen and oxygen atoms in total. The van der Waals surface area contributed by atoms with Crippen molar-refractivity contribution < 1.29 is 0 Å². The molecule has 1 fully saturated rings. The van der Waals surface area contributed by atoms with Crippen LogP contribution in [0.1, 0.15) is 24.8 Å². The molecule has 162 valence electrons. The third-order valence-electron chi connectivity index (χ3n) is 6.60. The van der Waals surface area contributed by atoms with Crippen LogP contribution in [0.25, 0.3) is 39.5 Å². The van der Waals surface area contributed by atoms with E-state index >= 15 is 0 Å². The number of nitrogens with two attached hydrogens (primary N) is 2. The summed E-state index contributed by atoms with van der Waals surface area (Å²) >= 11 is 0. The summed E-state index contributed by atoms with van der Waals surface area (Å²) < 4.78 is 2.06. The number of rotatable bonds is 4. The molecular weight excluding hydrogens is 408 g/mol. The maximum Gasteiger partial charge on any atom is 0.165 e. The molecule has 1 aliphatic rings. The first-order chi connectivity index (χ1) is 16.1. The number of hydrogen-bond donors (Lipinski definition) is 2. The van der Waals surface area contributed by atoms with Crippen LogP contribution >= 0.6 is 0 Å². The molecule has 0 amide bonds. The Kier molecular flexibility index (Phi) is 4.48. The van der Waals surface area contributed by atoms with Gasteiger partial charge in [-0.3, -0.25) is 4.57 Å². The highest BCUT2D eigenvalue weighted by atomic mass is 15.1. The van der Waals surface area contributed by atoms with Crippen LogP contribution in [0.5, 0.6) is 0 Å². The summed E-state index contributed by atoms with van der Waals surface area (Å²) in [5.74, 6) is 1.15. The van der Waals surface area contributed by atoms with E-state index in [9.17, 15) is 0 Å². The first-order valence-corrected chi connectivity index (χ1v) is 11.2. The lowest BCUT2D eigenvalue weighted by molar-refractivity contribution is 0.253. The average Bonchev–Trinajstić information content (AvgIpc) is 3.22. The van der Waals surface area contributed by atoms with Gasteiger partial charge in [0.15, 0.2) is 11.5 Å². The van der Waals surface area contributed by atoms with E-state index in [2.05, 4.69) is 45.9 Å². The first-order valence-electron chi connectivity index (χ1n) is 11.2. The van der Waals surface area contributed by atoms with E-state index in [1.807, 2.05) is 42.5 Å². The molecule has 3 heterocycles. The number of hydrogen-bond acceptors (Lipinski definition) is 5. The van der Waals surface area contributed by atoms with E-state index in [1.165, 1.54) is 12.0 Å². The predicted molar refractivity (Wildman–Crippen MR) is 132 cm³/mol. The van der Waals surface area contributed by atoms with Gasteiger partial charge in [0.1, 0.15) is 11.3 Å². The van der Waals surface area contributed by atoms with Crippen molar-refractivity contribution in [2.45, 2.75) is 24.8 Å². The molecule has 0 atom stereocenters. The van der Waals surface area contributed by atoms with Gasteiger partial charge < -0.3 is 11.5 Å². The van der Waals surface area contributed by atoms with Crippen molar-refractivity contribution in [2.75, 3.05) is 5.73 Å². The number of imidazole rings is 1. The maximum atomic E-state index is 6.55. The van der Waals surface area contributed by atoms with Crippen LogP contribution in [0.3, 0.4) is 0 Å². The van der Waals surface area contributed by atoms with Crippen LogP contribution in [0.15, 0.2) is 85.1 Å². The van der Waals surface area contributed by atoms with Crippen LogP contribution in [0.2, 0.25) is 0 Å². The van der Waals surface area contributed by atoms with Crippen molar-refractivity contribution >= 4 is 17.0 Å². The van der Waals surface area contributed by atoms with E-state index in [0.717, 1.165) is 46.5 Å². The smallest absolute Gasteiger partial charge is 0.165 e. The fraction of sp³-hybridized carbons (Fsp3) is 0.148. The number of pyridine rings is 2. The Morgan fingerprint density at radius 1 is 0.818 bits per heavy atom. The Morgan fingerprint density at radius 3 is 2.30 bits per heavy atom. The highest BCUT2D eigenvalue weighted by molar-refractivity contribution is 5.84. The zero-order chi connectivity index (χ0) is 22.4. The van der Waals surface area contributed by atoms with Crippen molar-refractivity contribution in [3.63, 3.8) is 0 Å². The molecule has 33 heavy (non-hydrogen) atoms. The minimum Gasteiger partial charge on any atom is -0.383 e. The van der Waals surface area contributed by atoms with Crippen molar-refractivity contribution in [3.05, 3.63) is 90.6 Å². The summed E-state index contributed by atoms with van der Waals surface area (Å²) in [4.78, 5) is 14.2. The summed E-state index contributed by atoms with van der Waals surface area (Å²) in [5.41, 5.74) is 19.0. The van der Waals surface area contributed by atoms with E-state index in [1.54, 1.807) is 6.20 Å². The molecular formula is C27H24N6. The molecule has 1 aliphatic carbocycles. The zero-order valence-electron chi connectivity index (χ0n) is 18.1. The normalized spacial score (nSPS) is 14.8. The standard InChI is InChI=1S/C27H24N6/c28-24-21(8-4-17-30-24)25-32-23-14-13-22(18-6-2-1-3-7-18)31-26(23)33(25)20-11-9-19(10-12-20)27(29)15-5-16-27/h1-4,6-14,17H,5,15-16,29H2,(H2,28,30). The van der Waals surface area contributed by atoms with Gasteiger partial charge in [-0.25, -0.2) is 15.0 Å². The molecule has 0 spiro atoms. The monoisotopic (exact) mass is 432 g/mol. The number of anilines is 1. The van der Waals surface area contributed by atoms with Crippen LogP contribution < -0.4 is 11.5 Å². The molecule has 4 N–H and O–H groups in total. The van der Waals surface area contributed by atoms with Crippen molar-refractivity contribution in [2.24, 2.45) is 5.73 Å². The average molecular weight is 433 g/mol. The van der Waals surface area contributed by atoms with Crippen LogP contribution in [-0.2, 0) is 5.54 Å². The molecule has 0 saturated heterocycles. The Labute approximate surface area is 191 Å². The second-order valence-electron chi connectivity index (χ2n) is 8.67. The topological polar surface area (TPSA) is 95.6 Å². The molecule has 0 radical (unpaired) electrons. The minimum atomic E-state index is -0.203. The van der Waals surface area contributed by atoms with Crippen molar-refractivity contribution in [1.29, 1.82) is 0 Å². The molecule has 0 aliphatic heterocycles. The summed E-state index contributed by atoms with van der Waals surface area (Å²) in [6, 6.07) is 26.4. The van der Waals surface area contributed by atoms with Gasteiger partial charge in [0.2, 0.25) is 0 Å². The van der Waals surface area contributed by atoms with Gasteiger partial charge in [-0.2, -0.15) is 0 Å². The molecule has 2 aromatic carbocycles. The fourth-order valence-electron chi connectivity index (χ4n) is 4.55. The van der Waals surface area contributed by atoms with Crippen LogP contribution in [0, 0.1) is 0 Å². The Balaban J connectivity index is 1.57. The molecule has 0 unspecified atom stereocenters. The van der Waals surface area contributed by atoms with Gasteiger partial charge >= 0.3 is 0 Å². The summed E-state index contributed by atoms with van der Waals surface area (Å²) in [6.45, 7) is 0. The van der Waals surface area contributed by atoms with E-state index < -0.39 is 0 Å². The first kappa shape index (κ1) is 19.6. The number of fused-ring (bicyclic) bond motifs is 1. The lowest BCUT2D eigenvalue weighted by Crippen LogP contribution is -2.43. The second kappa shape index (κ2) is 7.53. The highest BCUT2D eigenvalue weighted by Crippen LogP contribution is 2.39. The molecule has 5 aromatic rings. The van der Waals surface area contributed by atoms with Gasteiger partial charge in [-0.05, 0) is 61.2 Å². The lowest BCUT2D eigenvalue weighted by Gasteiger charge is -2.38. The highest BCUT2D eigenvalue weighted by Gasteiger charge is 2.34. The molecule has 1 saturated carbocycles. The molecule has 6 rings (SSSR count). The van der Waals surface area contributed by atoms with Gasteiger partial charge in [-0.15, -0.1) is 0 Å². The van der Waals surface area contributed by atoms with Crippen molar-refractivity contribution in [3.8, 4) is 28.3 Å². The molecule has 0 bridgehead atoms. The number of benzene rings is 2. The quantitative estimate of drug-likeness (QED) is 0.413. The summed E-state index contributed by atoms with van der Waals surface area (Å²) in [6.07, 6.45) is 4.92. The fourth-order valence-corrected chi connectivity index (χ4v) is 4.55. The van der Waals surface area contributed by atoms with Gasteiger partial charge in [0.25, 0.3) is 0 Å². The Hall–Kier alpha value is -4.03. The SMILES string of the molecule is Nc1ncccc1-c1nc2ccc(-c3ccccc3)nc2n1-c1ccc(C2(N)CCC2)cc1. The molecule has 6 heteroatoms. The van der Waals surface area contributed by atoms with Gasteiger partial charge in [-0.1, -0.05) is 42.5 Å². The van der Waals surface area contributed by atoms with E-state index in [4.69, 9.17) is 21.4 Å². The lowest BCUT2D eigenvalue weighted by atomic mass is 9.73. The number of aromatic nitrogens is 4. The van der Waals surface area contributed by atoms with Gasteiger partial charge in [0.05, 0.1) is 11.3 Å². The Morgan fingerprint density at radius 2 is 1.61 bits per heavy atom. The second-order valence-corrected chi connectivity index (χ2v) is 8.67.